The van der Waals surface area contributed by atoms with Crippen LogP contribution < -0.4 is 9.62 Å². The van der Waals surface area contributed by atoms with E-state index in [-0.39, 0.29) is 18.5 Å². The van der Waals surface area contributed by atoms with Crippen molar-refractivity contribution in [1.82, 2.24) is 10.2 Å². The highest BCUT2D eigenvalue weighted by Gasteiger charge is 2.32. The highest BCUT2D eigenvalue weighted by molar-refractivity contribution is 7.92. The fourth-order valence-electron chi connectivity index (χ4n) is 3.78. The third-order valence-electron chi connectivity index (χ3n) is 6.11. The standard InChI is InChI=1S/C26H36ClN3O4S/c1-7-20(5)28-26(32)23(8-2)29(16-21-12-10-9-11-18(21)3)25(31)17-30(35(6,33)34)24-15-22(27)14-13-19(24)4/h9-15,20,23H,7-8,16-17H2,1-6H3,(H,28,32)/t20-,23+/m0/s1. The third-order valence-corrected chi connectivity index (χ3v) is 7.47. The summed E-state index contributed by atoms with van der Waals surface area (Å²) in [6.45, 7) is 9.16. The number of carbonyl (C=O) groups excluding carboxylic acids is 2. The van der Waals surface area contributed by atoms with Crippen LogP contribution in [0.3, 0.4) is 0 Å². The normalized spacial score (nSPS) is 13.1. The molecule has 0 saturated carbocycles. The average Bonchev–Trinajstić information content (AvgIpc) is 2.79. The van der Waals surface area contributed by atoms with Crippen molar-refractivity contribution < 1.29 is 18.0 Å². The Balaban J connectivity index is 2.50. The molecular formula is C26H36ClN3O4S. The Morgan fingerprint density at radius 1 is 1.03 bits per heavy atom. The minimum absolute atomic E-state index is 0.0476. The molecule has 0 bridgehead atoms. The predicted octanol–water partition coefficient (Wildman–Crippen LogP) is 4.44. The minimum atomic E-state index is -3.82. The summed E-state index contributed by atoms with van der Waals surface area (Å²) in [5.41, 5.74) is 2.87. The molecule has 2 aromatic carbocycles. The summed E-state index contributed by atoms with van der Waals surface area (Å²) in [4.78, 5) is 28.4. The lowest BCUT2D eigenvalue weighted by Crippen LogP contribution is -2.53. The second-order valence-electron chi connectivity index (χ2n) is 8.89. The number of halogens is 1. The molecule has 0 saturated heterocycles. The Hall–Kier alpha value is -2.58. The molecule has 0 aromatic heterocycles. The van der Waals surface area contributed by atoms with Crippen LogP contribution in [0.15, 0.2) is 42.5 Å². The van der Waals surface area contributed by atoms with Crippen LogP contribution in [0.5, 0.6) is 0 Å². The maximum absolute atomic E-state index is 13.8. The molecule has 0 aliphatic heterocycles. The molecule has 0 unspecified atom stereocenters. The molecule has 0 heterocycles. The monoisotopic (exact) mass is 521 g/mol. The molecule has 2 amide bonds. The minimum Gasteiger partial charge on any atom is -0.352 e. The molecule has 0 spiro atoms. The van der Waals surface area contributed by atoms with Gasteiger partial charge in [0.1, 0.15) is 12.6 Å². The number of anilines is 1. The van der Waals surface area contributed by atoms with E-state index in [4.69, 9.17) is 11.6 Å². The molecule has 2 rings (SSSR count). The second kappa shape index (κ2) is 12.4. The number of hydrogen-bond acceptors (Lipinski definition) is 4. The van der Waals surface area contributed by atoms with Gasteiger partial charge in [-0.1, -0.05) is 55.8 Å². The zero-order valence-corrected chi connectivity index (χ0v) is 22.9. The van der Waals surface area contributed by atoms with Gasteiger partial charge in [-0.2, -0.15) is 0 Å². The van der Waals surface area contributed by atoms with Crippen molar-refractivity contribution >= 4 is 39.1 Å². The summed E-state index contributed by atoms with van der Waals surface area (Å²) in [6, 6.07) is 11.7. The van der Waals surface area contributed by atoms with Crippen LogP contribution in [0.25, 0.3) is 0 Å². The fourth-order valence-corrected chi connectivity index (χ4v) is 4.84. The third kappa shape index (κ3) is 7.70. The van der Waals surface area contributed by atoms with Crippen LogP contribution in [-0.2, 0) is 26.2 Å². The molecule has 9 heteroatoms. The molecule has 0 radical (unpaired) electrons. The lowest BCUT2D eigenvalue weighted by Gasteiger charge is -2.34. The summed E-state index contributed by atoms with van der Waals surface area (Å²) in [5, 5.41) is 3.33. The lowest BCUT2D eigenvalue weighted by atomic mass is 10.1. The Labute approximate surface area is 214 Å². The van der Waals surface area contributed by atoms with E-state index in [1.807, 2.05) is 52.0 Å². The highest BCUT2D eigenvalue weighted by Crippen LogP contribution is 2.27. The van der Waals surface area contributed by atoms with E-state index in [0.29, 0.717) is 22.7 Å². The summed E-state index contributed by atoms with van der Waals surface area (Å²) in [7, 11) is -3.82. The smallest absolute Gasteiger partial charge is 0.244 e. The van der Waals surface area contributed by atoms with E-state index < -0.39 is 28.5 Å². The van der Waals surface area contributed by atoms with Gasteiger partial charge in [0, 0.05) is 17.6 Å². The maximum Gasteiger partial charge on any atom is 0.244 e. The topological polar surface area (TPSA) is 86.8 Å². The van der Waals surface area contributed by atoms with Crippen LogP contribution in [0, 0.1) is 13.8 Å². The van der Waals surface area contributed by atoms with Gasteiger partial charge in [-0.05, 0) is 62.4 Å². The van der Waals surface area contributed by atoms with Crippen LogP contribution in [0.4, 0.5) is 5.69 Å². The van der Waals surface area contributed by atoms with Crippen LogP contribution in [0.2, 0.25) is 5.02 Å². The van der Waals surface area contributed by atoms with E-state index >= 15 is 0 Å². The molecule has 0 fully saturated rings. The van der Waals surface area contributed by atoms with Crippen molar-refractivity contribution in [3.05, 3.63) is 64.2 Å². The molecule has 35 heavy (non-hydrogen) atoms. The van der Waals surface area contributed by atoms with Crippen LogP contribution >= 0.6 is 11.6 Å². The zero-order chi connectivity index (χ0) is 26.3. The summed E-state index contributed by atoms with van der Waals surface area (Å²) in [6.07, 6.45) is 2.19. The van der Waals surface area contributed by atoms with E-state index in [9.17, 15) is 18.0 Å². The number of nitrogens with one attached hydrogen (secondary N) is 1. The number of amides is 2. The van der Waals surface area contributed by atoms with Crippen LogP contribution in [0.1, 0.15) is 50.3 Å². The number of aryl methyl sites for hydroxylation is 2. The first-order valence-corrected chi connectivity index (χ1v) is 14.0. The molecule has 7 nitrogen and oxygen atoms in total. The van der Waals surface area contributed by atoms with E-state index in [1.165, 1.54) is 11.0 Å². The lowest BCUT2D eigenvalue weighted by molar-refractivity contribution is -0.140. The van der Waals surface area contributed by atoms with E-state index in [2.05, 4.69) is 5.32 Å². The van der Waals surface area contributed by atoms with Crippen molar-refractivity contribution in [1.29, 1.82) is 0 Å². The van der Waals surface area contributed by atoms with Gasteiger partial charge in [-0.15, -0.1) is 0 Å². The SMILES string of the molecule is CC[C@H](C(=O)N[C@@H](C)CC)N(Cc1ccccc1C)C(=O)CN(c1cc(Cl)ccc1C)S(C)(=O)=O. The molecule has 1 N–H and O–H groups in total. The number of hydrogen-bond donors (Lipinski definition) is 1. The van der Waals surface area contributed by atoms with E-state index in [0.717, 1.165) is 28.1 Å². The van der Waals surface area contributed by atoms with Gasteiger partial charge in [-0.25, -0.2) is 8.42 Å². The molecular weight excluding hydrogens is 486 g/mol. The van der Waals surface area contributed by atoms with Crippen molar-refractivity contribution in [2.75, 3.05) is 17.1 Å². The summed E-state index contributed by atoms with van der Waals surface area (Å²) >= 11 is 6.14. The predicted molar refractivity (Wildman–Crippen MR) is 142 cm³/mol. The highest BCUT2D eigenvalue weighted by atomic mass is 35.5. The number of rotatable bonds is 11. The number of benzene rings is 2. The van der Waals surface area contributed by atoms with Gasteiger partial charge in [-0.3, -0.25) is 13.9 Å². The summed E-state index contributed by atoms with van der Waals surface area (Å²) < 4.78 is 26.6. The first kappa shape index (κ1) is 28.7. The molecule has 0 aliphatic rings. The van der Waals surface area contributed by atoms with Crippen molar-refractivity contribution in [2.45, 2.75) is 66.1 Å². The molecule has 2 atom stereocenters. The molecule has 2 aromatic rings. The summed E-state index contributed by atoms with van der Waals surface area (Å²) in [5.74, 6) is -0.724. The Morgan fingerprint density at radius 2 is 1.69 bits per heavy atom. The van der Waals surface area contributed by atoms with Crippen molar-refractivity contribution in [3.63, 3.8) is 0 Å². The van der Waals surface area contributed by atoms with Crippen molar-refractivity contribution in [2.24, 2.45) is 0 Å². The number of nitrogens with zero attached hydrogens (tertiary/aromatic N) is 2. The van der Waals surface area contributed by atoms with Gasteiger partial charge in [0.05, 0.1) is 11.9 Å². The van der Waals surface area contributed by atoms with Gasteiger partial charge >= 0.3 is 0 Å². The second-order valence-corrected chi connectivity index (χ2v) is 11.2. The Kier molecular flexibility index (Phi) is 10.2. The Bertz CT molecular complexity index is 1150. The first-order chi connectivity index (χ1) is 16.4. The van der Waals surface area contributed by atoms with Gasteiger partial charge in [0.15, 0.2) is 0 Å². The number of carbonyl (C=O) groups is 2. The van der Waals surface area contributed by atoms with Crippen LogP contribution in [-0.4, -0.2) is 50.0 Å². The van der Waals surface area contributed by atoms with Gasteiger partial charge in [0.25, 0.3) is 0 Å². The quantitative estimate of drug-likeness (QED) is 0.473. The van der Waals surface area contributed by atoms with Crippen molar-refractivity contribution in [3.8, 4) is 0 Å². The van der Waals surface area contributed by atoms with Gasteiger partial charge in [0.2, 0.25) is 21.8 Å². The van der Waals surface area contributed by atoms with E-state index in [1.54, 1.807) is 19.1 Å². The molecule has 192 valence electrons. The average molecular weight is 522 g/mol. The largest absolute Gasteiger partial charge is 0.352 e. The zero-order valence-electron chi connectivity index (χ0n) is 21.3. The fraction of sp³-hybridized carbons (Fsp3) is 0.462. The van der Waals surface area contributed by atoms with Gasteiger partial charge < -0.3 is 10.2 Å². The maximum atomic E-state index is 13.8. The molecule has 0 aliphatic carbocycles. The number of sulfonamides is 1. The first-order valence-electron chi connectivity index (χ1n) is 11.8. The Morgan fingerprint density at radius 3 is 2.26 bits per heavy atom.